The van der Waals surface area contributed by atoms with Gasteiger partial charge in [0.15, 0.2) is 0 Å². The van der Waals surface area contributed by atoms with Crippen LogP contribution < -0.4 is 26.2 Å². The van der Waals surface area contributed by atoms with Gasteiger partial charge >= 0.3 is 6.03 Å². The quantitative estimate of drug-likeness (QED) is 0.147. The molecule has 7 rings (SSSR count). The molecule has 4 heterocycles. The van der Waals surface area contributed by atoms with E-state index in [9.17, 15) is 37.1 Å². The normalized spacial score (nSPS) is 19.9. The number of anilines is 4. The summed E-state index contributed by atoms with van der Waals surface area (Å²) in [5.41, 5.74) is 2.46. The monoisotopic (exact) mass is 778 g/mol. The Morgan fingerprint density at radius 3 is 2.53 bits per heavy atom. The van der Waals surface area contributed by atoms with Gasteiger partial charge in [0.05, 0.1) is 40.8 Å². The van der Waals surface area contributed by atoms with Gasteiger partial charge in [0.2, 0.25) is 11.8 Å². The van der Waals surface area contributed by atoms with Gasteiger partial charge in [0.25, 0.3) is 18.2 Å². The molecule has 4 aliphatic rings. The van der Waals surface area contributed by atoms with Crippen molar-refractivity contribution in [1.29, 1.82) is 0 Å². The van der Waals surface area contributed by atoms with Crippen LogP contribution in [0.25, 0.3) is 0 Å². The van der Waals surface area contributed by atoms with E-state index in [2.05, 4.69) is 21.3 Å². The van der Waals surface area contributed by atoms with E-state index in [1.807, 2.05) is 0 Å². The largest absolute Gasteiger partial charge is 0.384 e. The van der Waals surface area contributed by atoms with Gasteiger partial charge in [0.1, 0.15) is 17.7 Å². The molecule has 2 unspecified atom stereocenters. The van der Waals surface area contributed by atoms with E-state index < -0.39 is 48.5 Å². The summed E-state index contributed by atoms with van der Waals surface area (Å²) in [5.74, 6) is -2.45. The van der Waals surface area contributed by atoms with Gasteiger partial charge in [-0.15, -0.1) is 0 Å². The van der Waals surface area contributed by atoms with Crippen molar-refractivity contribution in [1.82, 2.24) is 20.4 Å². The average molecular weight is 779 g/mol. The fraction of sp³-hybridized carbons (Fsp3) is 0.368. The van der Waals surface area contributed by atoms with Crippen LogP contribution in [-0.2, 0) is 9.59 Å². The van der Waals surface area contributed by atoms with Crippen LogP contribution in [0.3, 0.4) is 0 Å². The van der Waals surface area contributed by atoms with Crippen molar-refractivity contribution >= 4 is 69.8 Å². The van der Waals surface area contributed by atoms with Gasteiger partial charge in [0, 0.05) is 48.9 Å². The summed E-state index contributed by atoms with van der Waals surface area (Å²) in [6, 6.07) is 12.1. The first kappa shape index (κ1) is 37.7. The third-order valence-corrected chi connectivity index (χ3v) is 10.2. The topological polar surface area (TPSA) is 156 Å². The molecule has 0 bridgehead atoms. The molecule has 2 fully saturated rings. The van der Waals surface area contributed by atoms with Crippen LogP contribution >= 0.6 is 11.6 Å². The molecule has 17 heteroatoms. The number of unbranched alkanes of at least 4 members (excludes halogenated alkanes) is 2. The van der Waals surface area contributed by atoms with Crippen molar-refractivity contribution in [2.24, 2.45) is 4.99 Å². The molecule has 0 aliphatic carbocycles. The zero-order valence-corrected chi connectivity index (χ0v) is 30.3. The third kappa shape index (κ3) is 7.95. The molecular weight excluding hydrogens is 741 g/mol. The number of carbonyl (C=O) groups is 5. The zero-order valence-electron chi connectivity index (χ0n) is 29.5. The molecule has 3 aromatic rings. The number of likely N-dealkylation sites (tertiary alicyclic amines) is 1. The lowest BCUT2D eigenvalue weighted by molar-refractivity contribution is -0.136. The van der Waals surface area contributed by atoms with Crippen LogP contribution in [0.1, 0.15) is 64.8 Å². The van der Waals surface area contributed by atoms with Crippen LogP contribution in [0.4, 0.5) is 40.7 Å². The summed E-state index contributed by atoms with van der Waals surface area (Å²) >= 11 is 6.33. The average Bonchev–Trinajstić information content (AvgIpc) is 3.69. The van der Waals surface area contributed by atoms with Gasteiger partial charge in [-0.25, -0.2) is 18.0 Å². The van der Waals surface area contributed by atoms with Crippen LogP contribution in [-0.4, -0.2) is 96.5 Å². The van der Waals surface area contributed by atoms with Crippen LogP contribution in [0.5, 0.6) is 0 Å². The Morgan fingerprint density at radius 1 is 0.927 bits per heavy atom. The Labute approximate surface area is 319 Å². The van der Waals surface area contributed by atoms with Gasteiger partial charge in [-0.3, -0.25) is 34.4 Å². The minimum absolute atomic E-state index is 0.0421. The summed E-state index contributed by atoms with van der Waals surface area (Å²) in [7, 11) is 0. The van der Waals surface area contributed by atoms with E-state index in [1.54, 1.807) is 41.3 Å². The second kappa shape index (κ2) is 16.0. The zero-order chi connectivity index (χ0) is 38.8. The second-order valence-corrected chi connectivity index (χ2v) is 14.1. The number of carbonyl (C=O) groups excluding carboxylic acids is 5. The number of amides is 6. The van der Waals surface area contributed by atoms with Gasteiger partial charge in [-0.2, -0.15) is 0 Å². The van der Waals surface area contributed by atoms with E-state index in [4.69, 9.17) is 16.6 Å². The smallest absolute Gasteiger partial charge is 0.317 e. The molecule has 0 aromatic heterocycles. The Balaban J connectivity index is 0.901. The van der Waals surface area contributed by atoms with Crippen LogP contribution in [0.2, 0.25) is 5.02 Å². The van der Waals surface area contributed by atoms with Gasteiger partial charge in [-0.1, -0.05) is 17.7 Å². The lowest BCUT2D eigenvalue weighted by atomic mass is 10.0. The van der Waals surface area contributed by atoms with Crippen molar-refractivity contribution in [3.63, 3.8) is 0 Å². The minimum Gasteiger partial charge on any atom is -0.384 e. The fourth-order valence-electron chi connectivity index (χ4n) is 7.37. The number of imide groups is 2. The number of hydrogen-bond donors (Lipinski definition) is 4. The molecule has 4 aliphatic heterocycles. The Morgan fingerprint density at radius 2 is 1.73 bits per heavy atom. The number of rotatable bonds is 11. The highest BCUT2D eigenvalue weighted by Crippen LogP contribution is 2.40. The number of hydrogen-bond acceptors (Lipinski definition) is 8. The molecule has 0 radical (unpaired) electrons. The molecule has 2 atom stereocenters. The first-order valence-electron chi connectivity index (χ1n) is 18.1. The number of fused-ring (bicyclic) bond motifs is 3. The highest BCUT2D eigenvalue weighted by atomic mass is 35.5. The number of halogens is 4. The van der Waals surface area contributed by atoms with E-state index in [0.717, 1.165) is 11.3 Å². The fourth-order valence-corrected chi connectivity index (χ4v) is 7.54. The van der Waals surface area contributed by atoms with E-state index in [0.29, 0.717) is 78.9 Å². The highest BCUT2D eigenvalue weighted by Gasteiger charge is 2.45. The molecule has 0 spiro atoms. The minimum atomic E-state index is -2.67. The molecule has 4 N–H and O–H groups in total. The van der Waals surface area contributed by atoms with Crippen molar-refractivity contribution in [3.05, 3.63) is 82.1 Å². The van der Waals surface area contributed by atoms with Crippen LogP contribution in [0.15, 0.2) is 59.6 Å². The summed E-state index contributed by atoms with van der Waals surface area (Å²) in [4.78, 5) is 72.3. The Hall–Kier alpha value is -5.64. The number of alkyl halides is 2. The lowest BCUT2D eigenvalue weighted by Crippen LogP contribution is -2.54. The number of urea groups is 1. The number of aliphatic imine (C=N–C) groups is 1. The molecule has 13 nitrogen and oxygen atoms in total. The summed E-state index contributed by atoms with van der Waals surface area (Å²) in [6.07, 6.45) is 0.159. The Bertz CT molecular complexity index is 2080. The van der Waals surface area contributed by atoms with E-state index in [1.165, 1.54) is 23.1 Å². The standard InChI is InChI=1S/C38H38ClF3N8O5/c39-21-7-9-28-25(17-21)34(46-27-18-22(40)8-10-29(27)49(28)20-31(41)42)45-23-13-16-48(19-23)38(55)44-15-3-1-2-14-43-26-6-4-5-24-33(26)37(54)50(36(24)53)30-11-12-32(51)47-35(30)52/h4-10,17-18,23,30-31,43H,1-3,11-16,19-20H2,(H,44,55)(H,45,46)(H,47,51,52). The number of nitrogens with one attached hydrogen (secondary N) is 4. The lowest BCUT2D eigenvalue weighted by Gasteiger charge is -2.27. The van der Waals surface area contributed by atoms with Gasteiger partial charge < -0.3 is 25.8 Å². The predicted molar refractivity (Wildman–Crippen MR) is 200 cm³/mol. The van der Waals surface area contributed by atoms with Crippen molar-refractivity contribution in [2.75, 3.05) is 48.3 Å². The predicted octanol–water partition coefficient (Wildman–Crippen LogP) is 5.52. The van der Waals surface area contributed by atoms with E-state index >= 15 is 0 Å². The number of benzene rings is 3. The first-order valence-corrected chi connectivity index (χ1v) is 18.5. The Kier molecular flexibility index (Phi) is 11.0. The molecule has 3 aromatic carbocycles. The summed E-state index contributed by atoms with van der Waals surface area (Å²) in [5, 5.41) is 11.9. The molecule has 288 valence electrons. The molecule has 55 heavy (non-hydrogen) atoms. The maximum atomic E-state index is 14.3. The molecule has 6 amide bonds. The number of amidine groups is 1. The van der Waals surface area contributed by atoms with Crippen molar-refractivity contribution < 1.29 is 37.1 Å². The molecule has 2 saturated heterocycles. The first-order chi connectivity index (χ1) is 26.5. The molecular formula is C38H38ClF3N8O5. The maximum absolute atomic E-state index is 14.3. The molecule has 0 saturated carbocycles. The maximum Gasteiger partial charge on any atom is 0.317 e. The number of piperidine rings is 1. The van der Waals surface area contributed by atoms with Crippen LogP contribution in [0, 0.1) is 5.82 Å². The van der Waals surface area contributed by atoms with Crippen molar-refractivity contribution in [2.45, 2.75) is 57.0 Å². The van der Waals surface area contributed by atoms with Gasteiger partial charge in [-0.05, 0) is 80.6 Å². The van der Waals surface area contributed by atoms with E-state index in [-0.39, 0.29) is 41.7 Å². The summed E-state index contributed by atoms with van der Waals surface area (Å²) in [6.45, 7) is 1.07. The third-order valence-electron chi connectivity index (χ3n) is 10.0. The number of nitrogens with zero attached hydrogens (tertiary/aromatic N) is 4. The SMILES string of the molecule is O=C1CCC(N2C(=O)c3cccc(NCCCCCNC(=O)N4CCC(N=C5Nc6cc(F)ccc6N(CC(F)F)c6ccc(Cl)cc65)C4)c3C2=O)C(=O)N1. The highest BCUT2D eigenvalue weighted by molar-refractivity contribution is 6.31. The second-order valence-electron chi connectivity index (χ2n) is 13.7. The van der Waals surface area contributed by atoms with Crippen molar-refractivity contribution in [3.8, 4) is 0 Å². The summed E-state index contributed by atoms with van der Waals surface area (Å²) < 4.78 is 41.8.